The first kappa shape index (κ1) is 13.5. The van der Waals surface area contributed by atoms with Gasteiger partial charge in [-0.15, -0.1) is 0 Å². The van der Waals surface area contributed by atoms with Crippen LogP contribution < -0.4 is 5.73 Å². The fourth-order valence-corrected chi connectivity index (χ4v) is 2.87. The Morgan fingerprint density at radius 1 is 1.28 bits per heavy atom. The number of likely N-dealkylation sites (N-methyl/N-ethyl adjacent to an activating group) is 1. The molecule has 18 heavy (non-hydrogen) atoms. The average Bonchev–Trinajstić information content (AvgIpc) is 2.62. The van der Waals surface area contributed by atoms with E-state index in [-0.39, 0.29) is 0 Å². The Kier molecular flexibility index (Phi) is 5.14. The van der Waals surface area contributed by atoms with Crippen molar-refractivity contribution < 1.29 is 0 Å². The summed E-state index contributed by atoms with van der Waals surface area (Å²) < 4.78 is 0. The van der Waals surface area contributed by atoms with Crippen molar-refractivity contribution >= 4 is 0 Å². The summed E-state index contributed by atoms with van der Waals surface area (Å²) in [6, 6.07) is 7.02. The SMILES string of the molecule is CN(CCc1ccccn1)C1CCCCCC1N. The molecule has 0 aliphatic heterocycles. The second-order valence-electron chi connectivity index (χ2n) is 5.42. The van der Waals surface area contributed by atoms with E-state index < -0.39 is 0 Å². The van der Waals surface area contributed by atoms with Crippen LogP contribution in [0.3, 0.4) is 0 Å². The maximum Gasteiger partial charge on any atom is 0.0416 e. The third kappa shape index (κ3) is 3.79. The van der Waals surface area contributed by atoms with Crippen molar-refractivity contribution in [2.75, 3.05) is 13.6 Å². The smallest absolute Gasteiger partial charge is 0.0416 e. The molecule has 0 amide bonds. The molecule has 1 aliphatic rings. The molecule has 1 aliphatic carbocycles. The second-order valence-corrected chi connectivity index (χ2v) is 5.42. The maximum absolute atomic E-state index is 6.29. The minimum absolute atomic E-state index is 0.348. The maximum atomic E-state index is 6.29. The molecule has 0 radical (unpaired) electrons. The van der Waals surface area contributed by atoms with Gasteiger partial charge in [0.2, 0.25) is 0 Å². The number of nitrogens with two attached hydrogens (primary N) is 1. The molecule has 1 heterocycles. The van der Waals surface area contributed by atoms with E-state index in [1.54, 1.807) is 0 Å². The molecule has 100 valence electrons. The van der Waals surface area contributed by atoms with Crippen LogP contribution in [0.1, 0.15) is 37.8 Å². The Bertz CT molecular complexity index is 339. The fourth-order valence-electron chi connectivity index (χ4n) is 2.87. The molecule has 1 saturated carbocycles. The molecule has 3 nitrogen and oxygen atoms in total. The lowest BCUT2D eigenvalue weighted by Gasteiger charge is -2.31. The van der Waals surface area contributed by atoms with Crippen molar-refractivity contribution in [3.63, 3.8) is 0 Å². The number of hydrogen-bond acceptors (Lipinski definition) is 3. The standard InChI is InChI=1S/C15H25N3/c1-18(12-10-13-7-5-6-11-17-13)15-9-4-2-3-8-14(15)16/h5-7,11,14-15H,2-4,8-10,12,16H2,1H3. The number of rotatable bonds is 4. The van der Waals surface area contributed by atoms with Crippen LogP contribution in [-0.4, -0.2) is 35.6 Å². The Hall–Kier alpha value is -0.930. The Balaban J connectivity index is 1.84. The monoisotopic (exact) mass is 247 g/mol. The lowest BCUT2D eigenvalue weighted by atomic mass is 10.0. The van der Waals surface area contributed by atoms with Gasteiger partial charge in [0.15, 0.2) is 0 Å². The first-order valence-corrected chi connectivity index (χ1v) is 7.13. The van der Waals surface area contributed by atoms with E-state index in [4.69, 9.17) is 5.73 Å². The zero-order chi connectivity index (χ0) is 12.8. The average molecular weight is 247 g/mol. The van der Waals surface area contributed by atoms with E-state index in [1.165, 1.54) is 37.8 Å². The van der Waals surface area contributed by atoms with E-state index in [0.717, 1.165) is 13.0 Å². The van der Waals surface area contributed by atoms with Gasteiger partial charge in [-0.25, -0.2) is 0 Å². The van der Waals surface area contributed by atoms with Crippen molar-refractivity contribution in [2.45, 2.75) is 50.6 Å². The fraction of sp³-hybridized carbons (Fsp3) is 0.667. The summed E-state index contributed by atoms with van der Waals surface area (Å²) in [5.41, 5.74) is 7.46. The largest absolute Gasteiger partial charge is 0.326 e. The van der Waals surface area contributed by atoms with E-state index in [2.05, 4.69) is 29.1 Å². The molecule has 1 fully saturated rings. The highest BCUT2D eigenvalue weighted by molar-refractivity contribution is 5.03. The summed E-state index contributed by atoms with van der Waals surface area (Å²) in [6.07, 6.45) is 9.28. The van der Waals surface area contributed by atoms with Gasteiger partial charge in [-0.05, 0) is 32.0 Å². The lowest BCUT2D eigenvalue weighted by Crippen LogP contribution is -2.46. The van der Waals surface area contributed by atoms with Crippen LogP contribution in [0.4, 0.5) is 0 Å². The predicted octanol–water partition coefficient (Wildman–Crippen LogP) is 2.22. The molecule has 0 saturated heterocycles. The summed E-state index contributed by atoms with van der Waals surface area (Å²) in [6.45, 7) is 1.05. The Labute approximate surface area is 110 Å². The summed E-state index contributed by atoms with van der Waals surface area (Å²) in [7, 11) is 2.21. The molecule has 1 aromatic heterocycles. The zero-order valence-electron chi connectivity index (χ0n) is 11.4. The summed E-state index contributed by atoms with van der Waals surface area (Å²) in [5, 5.41) is 0. The number of pyridine rings is 1. The Morgan fingerprint density at radius 3 is 2.89 bits per heavy atom. The molecule has 0 spiro atoms. The van der Waals surface area contributed by atoms with Crippen LogP contribution in [0.5, 0.6) is 0 Å². The number of nitrogens with zero attached hydrogens (tertiary/aromatic N) is 2. The molecule has 2 rings (SSSR count). The Morgan fingerprint density at radius 2 is 2.11 bits per heavy atom. The van der Waals surface area contributed by atoms with Crippen molar-refractivity contribution in [2.24, 2.45) is 5.73 Å². The number of aromatic nitrogens is 1. The molecular formula is C15H25N3. The molecule has 0 bridgehead atoms. The third-order valence-corrected chi connectivity index (χ3v) is 4.04. The first-order chi connectivity index (χ1) is 8.77. The highest BCUT2D eigenvalue weighted by atomic mass is 15.1. The van der Waals surface area contributed by atoms with E-state index in [0.29, 0.717) is 12.1 Å². The van der Waals surface area contributed by atoms with Crippen LogP contribution >= 0.6 is 0 Å². The molecule has 2 unspecified atom stereocenters. The van der Waals surface area contributed by atoms with Gasteiger partial charge < -0.3 is 10.6 Å². The van der Waals surface area contributed by atoms with Gasteiger partial charge in [0.25, 0.3) is 0 Å². The van der Waals surface area contributed by atoms with E-state index in [1.807, 2.05) is 12.3 Å². The van der Waals surface area contributed by atoms with E-state index >= 15 is 0 Å². The van der Waals surface area contributed by atoms with Crippen LogP contribution in [0.2, 0.25) is 0 Å². The molecule has 3 heteroatoms. The quantitative estimate of drug-likeness (QED) is 0.830. The van der Waals surface area contributed by atoms with E-state index in [9.17, 15) is 0 Å². The topological polar surface area (TPSA) is 42.2 Å². The minimum atomic E-state index is 0.348. The first-order valence-electron chi connectivity index (χ1n) is 7.13. The summed E-state index contributed by atoms with van der Waals surface area (Å²) >= 11 is 0. The minimum Gasteiger partial charge on any atom is -0.326 e. The normalized spacial score (nSPS) is 25.1. The van der Waals surface area contributed by atoms with Gasteiger partial charge >= 0.3 is 0 Å². The molecule has 0 aromatic carbocycles. The van der Waals surface area contributed by atoms with Gasteiger partial charge in [-0.2, -0.15) is 0 Å². The van der Waals surface area contributed by atoms with Crippen LogP contribution in [0.25, 0.3) is 0 Å². The van der Waals surface area contributed by atoms with Gasteiger partial charge in [0.1, 0.15) is 0 Å². The summed E-state index contributed by atoms with van der Waals surface area (Å²) in [4.78, 5) is 6.81. The van der Waals surface area contributed by atoms with Gasteiger partial charge in [0.05, 0.1) is 0 Å². The van der Waals surface area contributed by atoms with Crippen molar-refractivity contribution in [1.29, 1.82) is 0 Å². The molecule has 2 N–H and O–H groups in total. The highest BCUT2D eigenvalue weighted by Crippen LogP contribution is 2.20. The van der Waals surface area contributed by atoms with Crippen LogP contribution in [-0.2, 0) is 6.42 Å². The van der Waals surface area contributed by atoms with Crippen LogP contribution in [0, 0.1) is 0 Å². The lowest BCUT2D eigenvalue weighted by molar-refractivity contribution is 0.202. The van der Waals surface area contributed by atoms with Crippen molar-refractivity contribution in [1.82, 2.24) is 9.88 Å². The zero-order valence-corrected chi connectivity index (χ0v) is 11.4. The third-order valence-electron chi connectivity index (χ3n) is 4.04. The van der Waals surface area contributed by atoms with Crippen molar-refractivity contribution in [3.05, 3.63) is 30.1 Å². The molecular weight excluding hydrogens is 222 g/mol. The van der Waals surface area contributed by atoms with Gasteiger partial charge in [0, 0.05) is 36.9 Å². The molecule has 1 aromatic rings. The highest BCUT2D eigenvalue weighted by Gasteiger charge is 2.23. The van der Waals surface area contributed by atoms with Gasteiger partial charge in [-0.1, -0.05) is 25.3 Å². The summed E-state index contributed by atoms with van der Waals surface area (Å²) in [5.74, 6) is 0. The van der Waals surface area contributed by atoms with Crippen LogP contribution in [0.15, 0.2) is 24.4 Å². The second kappa shape index (κ2) is 6.86. The van der Waals surface area contributed by atoms with Crippen molar-refractivity contribution in [3.8, 4) is 0 Å². The molecule has 2 atom stereocenters. The van der Waals surface area contributed by atoms with Gasteiger partial charge in [-0.3, -0.25) is 4.98 Å². The predicted molar refractivity (Wildman–Crippen MR) is 75.4 cm³/mol. The number of hydrogen-bond donors (Lipinski definition) is 1.